The Balaban J connectivity index is 2.72. The topological polar surface area (TPSA) is 86.2 Å². The molecule has 0 saturated heterocycles. The fourth-order valence-electron chi connectivity index (χ4n) is 2.44. The number of halogens is 9. The highest BCUT2D eigenvalue weighted by Gasteiger charge is 2.73. The van der Waals surface area contributed by atoms with E-state index in [9.17, 15) is 54.4 Å². The number of amides is 1. The van der Waals surface area contributed by atoms with E-state index in [1.54, 1.807) is 0 Å². The molecule has 0 radical (unpaired) electrons. The zero-order chi connectivity index (χ0) is 23.2. The molecule has 2 aromatic rings. The highest BCUT2D eigenvalue weighted by molar-refractivity contribution is 6.00. The third kappa shape index (κ3) is 3.64. The predicted octanol–water partition coefficient (Wildman–Crippen LogP) is 4.93. The van der Waals surface area contributed by atoms with Gasteiger partial charge in [0.1, 0.15) is 11.6 Å². The molecule has 0 aliphatic heterocycles. The SMILES string of the molecule is NC(=O)c1cc([N+](=O)[O-])ccc1-c1c(F)cc(C(F)(F)C(F)(F)C(F)(F)F)cc1F. The Morgan fingerprint density at radius 2 is 1.43 bits per heavy atom. The summed E-state index contributed by atoms with van der Waals surface area (Å²) in [5.41, 5.74) is -0.994. The van der Waals surface area contributed by atoms with Crippen LogP contribution in [-0.2, 0) is 5.92 Å². The quantitative estimate of drug-likeness (QED) is 0.402. The monoisotopic (exact) mass is 446 g/mol. The number of rotatable bonds is 5. The van der Waals surface area contributed by atoms with Gasteiger partial charge in [-0.3, -0.25) is 14.9 Å². The van der Waals surface area contributed by atoms with Crippen LogP contribution in [0.1, 0.15) is 15.9 Å². The first kappa shape index (κ1) is 23.0. The Kier molecular flexibility index (Phi) is 5.49. The van der Waals surface area contributed by atoms with Crippen molar-refractivity contribution in [3.63, 3.8) is 0 Å². The van der Waals surface area contributed by atoms with Crippen LogP contribution >= 0.6 is 0 Å². The second-order valence-electron chi connectivity index (χ2n) is 5.81. The number of non-ortho nitro benzene ring substituents is 1. The van der Waals surface area contributed by atoms with Gasteiger partial charge < -0.3 is 5.73 Å². The summed E-state index contributed by atoms with van der Waals surface area (Å²) in [5, 5.41) is 10.7. The lowest BCUT2D eigenvalue weighted by Gasteiger charge is -2.28. The number of primary amides is 1. The van der Waals surface area contributed by atoms with Crippen molar-refractivity contribution in [1.82, 2.24) is 0 Å². The van der Waals surface area contributed by atoms with Crippen LogP contribution in [-0.4, -0.2) is 22.9 Å². The zero-order valence-electron chi connectivity index (χ0n) is 14.0. The molecule has 0 heterocycles. The van der Waals surface area contributed by atoms with Crippen molar-refractivity contribution in [1.29, 1.82) is 0 Å². The second kappa shape index (κ2) is 7.18. The molecule has 0 aromatic heterocycles. The number of carbonyl (C=O) groups excluding carboxylic acids is 1. The normalized spacial score (nSPS) is 12.7. The largest absolute Gasteiger partial charge is 0.460 e. The van der Waals surface area contributed by atoms with Crippen molar-refractivity contribution in [3.8, 4) is 11.1 Å². The molecule has 1 amide bonds. The third-order valence-electron chi connectivity index (χ3n) is 3.90. The van der Waals surface area contributed by atoms with Gasteiger partial charge in [-0.2, -0.15) is 30.7 Å². The molecule has 2 rings (SSSR count). The van der Waals surface area contributed by atoms with Gasteiger partial charge in [-0.15, -0.1) is 0 Å². The van der Waals surface area contributed by atoms with Gasteiger partial charge in [-0.25, -0.2) is 8.78 Å². The van der Waals surface area contributed by atoms with Crippen LogP contribution in [0.2, 0.25) is 0 Å². The highest BCUT2D eigenvalue weighted by atomic mass is 19.4. The Hall–Kier alpha value is -3.32. The Bertz CT molecular complexity index is 1010. The maximum Gasteiger partial charge on any atom is 0.460 e. The molecule has 2 aromatic carbocycles. The molecule has 2 N–H and O–H groups in total. The molecule has 0 fully saturated rings. The lowest BCUT2D eigenvalue weighted by Crippen LogP contribution is -2.50. The molecule has 0 spiro atoms. The van der Waals surface area contributed by atoms with Gasteiger partial charge in [0, 0.05) is 23.3 Å². The molecule has 0 unspecified atom stereocenters. The van der Waals surface area contributed by atoms with E-state index < -0.39 is 80.6 Å². The van der Waals surface area contributed by atoms with E-state index >= 15 is 0 Å². The summed E-state index contributed by atoms with van der Waals surface area (Å²) in [7, 11) is 0. The summed E-state index contributed by atoms with van der Waals surface area (Å²) in [6.45, 7) is 0. The van der Waals surface area contributed by atoms with Gasteiger partial charge >= 0.3 is 18.0 Å². The van der Waals surface area contributed by atoms with Crippen molar-refractivity contribution in [2.24, 2.45) is 5.73 Å². The van der Waals surface area contributed by atoms with Crippen molar-refractivity contribution >= 4 is 11.6 Å². The molecule has 0 atom stereocenters. The molecule has 0 saturated carbocycles. The average molecular weight is 446 g/mol. The Labute approximate surface area is 160 Å². The summed E-state index contributed by atoms with van der Waals surface area (Å²) in [5.74, 6) is -18.2. The number of benzene rings is 2. The van der Waals surface area contributed by atoms with Crippen molar-refractivity contribution in [2.45, 2.75) is 18.0 Å². The van der Waals surface area contributed by atoms with Crippen LogP contribution in [0.15, 0.2) is 30.3 Å². The second-order valence-corrected chi connectivity index (χ2v) is 5.81. The molecule has 5 nitrogen and oxygen atoms in total. The number of alkyl halides is 7. The molecule has 0 aliphatic rings. The number of hydrogen-bond donors (Lipinski definition) is 1. The maximum absolute atomic E-state index is 14.3. The Morgan fingerprint density at radius 1 is 0.933 bits per heavy atom. The van der Waals surface area contributed by atoms with Crippen molar-refractivity contribution in [2.75, 3.05) is 0 Å². The minimum atomic E-state index is -6.74. The number of nitrogens with zero attached hydrogens (tertiary/aromatic N) is 1. The van der Waals surface area contributed by atoms with E-state index in [0.717, 1.165) is 0 Å². The minimum absolute atomic E-state index is 0.468. The molecule has 30 heavy (non-hydrogen) atoms. The van der Waals surface area contributed by atoms with Crippen LogP contribution in [0, 0.1) is 21.7 Å². The number of nitro benzene ring substituents is 1. The molecular weight excluding hydrogens is 439 g/mol. The summed E-state index contributed by atoms with van der Waals surface area (Å²) in [6.07, 6.45) is -6.74. The first-order chi connectivity index (χ1) is 13.5. The summed E-state index contributed by atoms with van der Waals surface area (Å²) in [4.78, 5) is 21.2. The number of carbonyl (C=O) groups is 1. The van der Waals surface area contributed by atoms with E-state index in [1.807, 2.05) is 0 Å². The fraction of sp³-hybridized carbons (Fsp3) is 0.188. The molecule has 0 bridgehead atoms. The number of nitro groups is 1. The third-order valence-corrected chi connectivity index (χ3v) is 3.90. The molecular formula is C16H7F9N2O3. The van der Waals surface area contributed by atoms with E-state index in [0.29, 0.717) is 18.2 Å². The van der Waals surface area contributed by atoms with Gasteiger partial charge in [0.2, 0.25) is 5.91 Å². The van der Waals surface area contributed by atoms with E-state index in [-0.39, 0.29) is 0 Å². The van der Waals surface area contributed by atoms with Crippen LogP contribution in [0.3, 0.4) is 0 Å². The molecule has 0 aliphatic carbocycles. The van der Waals surface area contributed by atoms with E-state index in [1.165, 1.54) is 0 Å². The van der Waals surface area contributed by atoms with Crippen LogP contribution in [0.25, 0.3) is 11.1 Å². The molecule has 14 heteroatoms. The standard InChI is InChI=1S/C16H7F9N2O3/c17-10-3-6(14(19,20)15(21,22)16(23,24)25)4-11(18)12(10)8-2-1-7(27(29)30)5-9(8)13(26)28/h1-5H,(H2,26,28). The van der Waals surface area contributed by atoms with Crippen molar-refractivity contribution < 1.29 is 49.2 Å². The molecule has 162 valence electrons. The lowest BCUT2D eigenvalue weighted by atomic mass is 9.94. The highest BCUT2D eigenvalue weighted by Crippen LogP contribution is 2.52. The zero-order valence-corrected chi connectivity index (χ0v) is 14.0. The van der Waals surface area contributed by atoms with E-state index in [2.05, 4.69) is 0 Å². The smallest absolute Gasteiger partial charge is 0.366 e. The van der Waals surface area contributed by atoms with Gasteiger partial charge in [0.15, 0.2) is 0 Å². The Morgan fingerprint density at radius 3 is 1.83 bits per heavy atom. The fourth-order valence-corrected chi connectivity index (χ4v) is 2.44. The minimum Gasteiger partial charge on any atom is -0.366 e. The van der Waals surface area contributed by atoms with Crippen LogP contribution in [0.5, 0.6) is 0 Å². The van der Waals surface area contributed by atoms with Crippen LogP contribution in [0.4, 0.5) is 45.2 Å². The van der Waals surface area contributed by atoms with Gasteiger partial charge in [0.05, 0.1) is 16.1 Å². The van der Waals surface area contributed by atoms with Gasteiger partial charge in [-0.05, 0) is 18.2 Å². The maximum atomic E-state index is 14.3. The first-order valence-electron chi connectivity index (χ1n) is 7.43. The number of hydrogen-bond acceptors (Lipinski definition) is 3. The van der Waals surface area contributed by atoms with Gasteiger partial charge in [0.25, 0.3) is 5.69 Å². The van der Waals surface area contributed by atoms with E-state index in [4.69, 9.17) is 5.73 Å². The van der Waals surface area contributed by atoms with Gasteiger partial charge in [-0.1, -0.05) is 0 Å². The van der Waals surface area contributed by atoms with Crippen molar-refractivity contribution in [3.05, 3.63) is 63.2 Å². The van der Waals surface area contributed by atoms with Crippen LogP contribution < -0.4 is 5.73 Å². The summed E-state index contributed by atoms with van der Waals surface area (Å²) < 4.78 is 119. The number of nitrogens with two attached hydrogens (primary N) is 1. The average Bonchev–Trinajstić information content (AvgIpc) is 2.59. The summed E-state index contributed by atoms with van der Waals surface area (Å²) >= 11 is 0. The first-order valence-corrected chi connectivity index (χ1v) is 7.43. The predicted molar refractivity (Wildman–Crippen MR) is 81.9 cm³/mol. The summed E-state index contributed by atoms with van der Waals surface area (Å²) in [6, 6.07) is 0.869. The lowest BCUT2D eigenvalue weighted by molar-refractivity contribution is -0.384.